The molecule has 0 fully saturated rings. The van der Waals surface area contributed by atoms with E-state index in [1.54, 1.807) is 0 Å². The molecule has 2 nitrogen and oxygen atoms in total. The van der Waals surface area contributed by atoms with Gasteiger partial charge in [-0.2, -0.15) is 0 Å². The summed E-state index contributed by atoms with van der Waals surface area (Å²) in [4.78, 5) is 4.51. The van der Waals surface area contributed by atoms with Crippen LogP contribution < -0.4 is 0 Å². The van der Waals surface area contributed by atoms with Crippen molar-refractivity contribution in [1.29, 1.82) is 0 Å². The van der Waals surface area contributed by atoms with Gasteiger partial charge in [-0.15, -0.1) is 6.42 Å². The highest BCUT2D eigenvalue weighted by Gasteiger charge is 2.15. The van der Waals surface area contributed by atoms with E-state index in [0.717, 1.165) is 22.8 Å². The Labute approximate surface area is 118 Å². The van der Waals surface area contributed by atoms with Crippen LogP contribution in [-0.2, 0) is 0 Å². The number of benzene rings is 2. The average Bonchev–Trinajstić information content (AvgIpc) is 2.85. The molecule has 0 spiro atoms. The van der Waals surface area contributed by atoms with Crippen molar-refractivity contribution < 1.29 is 0 Å². The Bertz CT molecular complexity index is 762. The quantitative estimate of drug-likeness (QED) is 0.639. The highest BCUT2D eigenvalue weighted by atomic mass is 15.1. The van der Waals surface area contributed by atoms with E-state index in [9.17, 15) is 0 Å². The molecule has 0 saturated heterocycles. The molecule has 1 heterocycles. The minimum Gasteiger partial charge on any atom is -0.295 e. The Morgan fingerprint density at radius 2 is 1.55 bits per heavy atom. The largest absolute Gasteiger partial charge is 0.295 e. The Kier molecular flexibility index (Phi) is 3.10. The topological polar surface area (TPSA) is 17.8 Å². The van der Waals surface area contributed by atoms with Gasteiger partial charge in [-0.05, 0) is 25.0 Å². The van der Waals surface area contributed by atoms with E-state index in [4.69, 9.17) is 6.42 Å². The predicted octanol–water partition coefficient (Wildman–Crippen LogP) is 3.83. The summed E-state index contributed by atoms with van der Waals surface area (Å²) < 4.78 is 2.10. The summed E-state index contributed by atoms with van der Waals surface area (Å²) in [6.45, 7) is 1.97. The minimum absolute atomic E-state index is 0.678. The van der Waals surface area contributed by atoms with Gasteiger partial charge in [0.05, 0.1) is 5.69 Å². The second kappa shape index (κ2) is 5.07. The van der Waals surface area contributed by atoms with Crippen molar-refractivity contribution in [2.24, 2.45) is 0 Å². The van der Waals surface area contributed by atoms with Crippen LogP contribution in [0.2, 0.25) is 0 Å². The molecule has 96 valence electrons. The maximum absolute atomic E-state index is 5.62. The van der Waals surface area contributed by atoms with Gasteiger partial charge >= 0.3 is 0 Å². The van der Waals surface area contributed by atoms with E-state index in [2.05, 4.69) is 39.7 Å². The first-order valence-corrected chi connectivity index (χ1v) is 6.48. The molecule has 0 radical (unpaired) electrons. The molecule has 0 N–H and O–H groups in total. The van der Waals surface area contributed by atoms with Gasteiger partial charge in [0.1, 0.15) is 11.5 Å². The van der Waals surface area contributed by atoms with E-state index in [-0.39, 0.29) is 0 Å². The minimum atomic E-state index is 0.678. The lowest BCUT2D eigenvalue weighted by Crippen LogP contribution is -1.99. The summed E-state index contributed by atoms with van der Waals surface area (Å²) >= 11 is 0. The number of rotatable bonds is 2. The van der Waals surface area contributed by atoms with Crippen LogP contribution in [0.3, 0.4) is 0 Å². The first-order chi connectivity index (χ1) is 9.81. The van der Waals surface area contributed by atoms with Crippen LogP contribution in [0.25, 0.3) is 16.9 Å². The summed E-state index contributed by atoms with van der Waals surface area (Å²) in [6, 6.07) is 20.3. The van der Waals surface area contributed by atoms with Gasteiger partial charge < -0.3 is 0 Å². The average molecular weight is 258 g/mol. The molecule has 0 aliphatic rings. The van der Waals surface area contributed by atoms with E-state index >= 15 is 0 Å². The number of para-hydroxylation sites is 1. The van der Waals surface area contributed by atoms with Crippen LogP contribution in [0.15, 0.2) is 60.7 Å². The van der Waals surface area contributed by atoms with Crippen molar-refractivity contribution in [2.75, 3.05) is 0 Å². The number of terminal acetylenes is 1. The molecular formula is C18H14N2. The molecule has 0 saturated carbocycles. The fraction of sp³-hybridized carbons (Fsp3) is 0.0556. The standard InChI is InChI=1S/C18H14N2/c1-3-17-18(15-10-6-4-7-11-15)20(14(2)19-17)16-12-8-5-9-13-16/h1,4-13H,2H3. The van der Waals surface area contributed by atoms with Gasteiger partial charge in [0.15, 0.2) is 0 Å². The maximum atomic E-state index is 5.62. The summed E-state index contributed by atoms with van der Waals surface area (Å²) in [6.07, 6.45) is 5.62. The van der Waals surface area contributed by atoms with Crippen molar-refractivity contribution in [2.45, 2.75) is 6.92 Å². The number of nitrogens with zero attached hydrogens (tertiary/aromatic N) is 2. The highest BCUT2D eigenvalue weighted by Crippen LogP contribution is 2.27. The molecule has 0 atom stereocenters. The second-order valence-corrected chi connectivity index (χ2v) is 4.54. The van der Waals surface area contributed by atoms with Crippen molar-refractivity contribution >= 4 is 0 Å². The number of aryl methyl sites for hydroxylation is 1. The first-order valence-electron chi connectivity index (χ1n) is 6.48. The van der Waals surface area contributed by atoms with Gasteiger partial charge in [0.25, 0.3) is 0 Å². The van der Waals surface area contributed by atoms with Crippen LogP contribution in [-0.4, -0.2) is 9.55 Å². The molecule has 2 heteroatoms. The summed E-state index contributed by atoms with van der Waals surface area (Å²) in [5.74, 6) is 3.58. The van der Waals surface area contributed by atoms with Crippen molar-refractivity contribution in [3.63, 3.8) is 0 Å². The van der Waals surface area contributed by atoms with E-state index < -0.39 is 0 Å². The fourth-order valence-electron chi connectivity index (χ4n) is 2.39. The zero-order valence-electron chi connectivity index (χ0n) is 11.2. The molecule has 20 heavy (non-hydrogen) atoms. The molecule has 2 aromatic carbocycles. The molecule has 1 aromatic heterocycles. The molecular weight excluding hydrogens is 244 g/mol. The zero-order valence-corrected chi connectivity index (χ0v) is 11.2. The molecule has 0 amide bonds. The van der Waals surface area contributed by atoms with Gasteiger partial charge in [0.2, 0.25) is 0 Å². The van der Waals surface area contributed by atoms with Gasteiger partial charge in [-0.3, -0.25) is 4.57 Å². The fourth-order valence-corrected chi connectivity index (χ4v) is 2.39. The van der Waals surface area contributed by atoms with Gasteiger partial charge in [0, 0.05) is 11.3 Å². The van der Waals surface area contributed by atoms with Gasteiger partial charge in [-0.1, -0.05) is 48.5 Å². The number of hydrogen-bond donors (Lipinski definition) is 0. The van der Waals surface area contributed by atoms with Crippen LogP contribution in [0, 0.1) is 19.3 Å². The smallest absolute Gasteiger partial charge is 0.139 e. The van der Waals surface area contributed by atoms with E-state index in [1.807, 2.05) is 43.3 Å². The highest BCUT2D eigenvalue weighted by molar-refractivity contribution is 5.69. The van der Waals surface area contributed by atoms with Crippen molar-refractivity contribution in [1.82, 2.24) is 9.55 Å². The predicted molar refractivity (Wildman–Crippen MR) is 81.7 cm³/mol. The van der Waals surface area contributed by atoms with E-state index in [1.165, 1.54) is 0 Å². The maximum Gasteiger partial charge on any atom is 0.139 e. The van der Waals surface area contributed by atoms with Gasteiger partial charge in [-0.25, -0.2) is 4.98 Å². The lowest BCUT2D eigenvalue weighted by molar-refractivity contribution is 0.980. The Morgan fingerprint density at radius 1 is 0.950 bits per heavy atom. The summed E-state index contributed by atoms with van der Waals surface area (Å²) in [7, 11) is 0. The van der Waals surface area contributed by atoms with Crippen LogP contribution in [0.4, 0.5) is 0 Å². The number of hydrogen-bond acceptors (Lipinski definition) is 1. The third kappa shape index (κ3) is 2.00. The molecule has 3 rings (SSSR count). The summed E-state index contributed by atoms with van der Waals surface area (Å²) in [5.41, 5.74) is 3.79. The third-order valence-electron chi connectivity index (χ3n) is 3.24. The normalized spacial score (nSPS) is 10.2. The van der Waals surface area contributed by atoms with Crippen LogP contribution >= 0.6 is 0 Å². The molecule has 3 aromatic rings. The van der Waals surface area contributed by atoms with Crippen molar-refractivity contribution in [3.05, 3.63) is 72.2 Å². The first kappa shape index (κ1) is 12.3. The molecule has 0 aliphatic carbocycles. The van der Waals surface area contributed by atoms with Crippen LogP contribution in [0.1, 0.15) is 11.5 Å². The zero-order chi connectivity index (χ0) is 13.9. The lowest BCUT2D eigenvalue weighted by atomic mass is 10.1. The molecule has 0 aliphatic heterocycles. The van der Waals surface area contributed by atoms with Crippen molar-refractivity contribution in [3.8, 4) is 29.3 Å². The van der Waals surface area contributed by atoms with Crippen LogP contribution in [0.5, 0.6) is 0 Å². The number of aromatic nitrogens is 2. The second-order valence-electron chi connectivity index (χ2n) is 4.54. The lowest BCUT2D eigenvalue weighted by Gasteiger charge is -2.10. The number of imidazole rings is 1. The monoisotopic (exact) mass is 258 g/mol. The van der Waals surface area contributed by atoms with E-state index in [0.29, 0.717) is 5.69 Å². The Morgan fingerprint density at radius 3 is 2.15 bits per heavy atom. The Hall–Kier alpha value is -2.79. The summed E-state index contributed by atoms with van der Waals surface area (Å²) in [5, 5.41) is 0. The molecule has 0 unspecified atom stereocenters. The third-order valence-corrected chi connectivity index (χ3v) is 3.24. The Balaban J connectivity index is 2.31. The SMILES string of the molecule is C#Cc1nc(C)n(-c2ccccc2)c1-c1ccccc1. The molecule has 0 bridgehead atoms.